The Morgan fingerprint density at radius 1 is 1.13 bits per heavy atom. The normalized spacial score (nSPS) is 12.3. The average molecular weight is 285 g/mol. The highest BCUT2D eigenvalue weighted by Crippen LogP contribution is 2.38. The van der Waals surface area contributed by atoms with Gasteiger partial charge in [-0.25, -0.2) is 8.78 Å². The lowest BCUT2D eigenvalue weighted by Crippen LogP contribution is -2.10. The Bertz CT molecular complexity index is 345. The Kier molecular flexibility index (Phi) is 3.43. The van der Waals surface area contributed by atoms with Crippen LogP contribution in [0.2, 0.25) is 0 Å². The standard InChI is InChI=1S/C10H9BrF4/c1-5(2)6-3-7(12)9(8(13)4-6)10(11,14)15/h3-5H,1-2H3. The van der Waals surface area contributed by atoms with E-state index in [-0.39, 0.29) is 5.92 Å². The van der Waals surface area contributed by atoms with Gasteiger partial charge >= 0.3 is 4.83 Å². The Morgan fingerprint density at radius 3 is 1.80 bits per heavy atom. The zero-order valence-electron chi connectivity index (χ0n) is 8.12. The fourth-order valence-corrected chi connectivity index (χ4v) is 1.58. The lowest BCUT2D eigenvalue weighted by molar-refractivity contribution is 0.105. The van der Waals surface area contributed by atoms with Crippen LogP contribution in [0.1, 0.15) is 30.9 Å². The predicted molar refractivity (Wildman–Crippen MR) is 53.3 cm³/mol. The molecule has 0 unspecified atom stereocenters. The molecule has 1 aromatic carbocycles. The van der Waals surface area contributed by atoms with Crippen molar-refractivity contribution in [1.82, 2.24) is 0 Å². The summed E-state index contributed by atoms with van der Waals surface area (Å²) in [4.78, 5) is -3.68. The number of halogens is 5. The van der Waals surface area contributed by atoms with Gasteiger partial charge in [0.05, 0.1) is 0 Å². The van der Waals surface area contributed by atoms with Crippen LogP contribution in [-0.4, -0.2) is 0 Å². The SMILES string of the molecule is CC(C)c1cc(F)c(C(F)(F)Br)c(F)c1. The van der Waals surface area contributed by atoms with Crippen molar-refractivity contribution in [2.75, 3.05) is 0 Å². The van der Waals surface area contributed by atoms with Crippen LogP contribution in [0.3, 0.4) is 0 Å². The van der Waals surface area contributed by atoms with Gasteiger partial charge in [-0.15, -0.1) is 0 Å². The molecule has 0 aromatic heterocycles. The molecule has 0 radical (unpaired) electrons. The molecule has 0 saturated carbocycles. The Morgan fingerprint density at radius 2 is 1.53 bits per heavy atom. The van der Waals surface area contributed by atoms with Crippen LogP contribution < -0.4 is 0 Å². The minimum absolute atomic E-state index is 0.119. The maximum atomic E-state index is 13.2. The molecule has 0 heterocycles. The van der Waals surface area contributed by atoms with Crippen molar-refractivity contribution in [1.29, 1.82) is 0 Å². The lowest BCUT2D eigenvalue weighted by Gasteiger charge is -2.13. The van der Waals surface area contributed by atoms with E-state index in [9.17, 15) is 17.6 Å². The summed E-state index contributed by atoms with van der Waals surface area (Å²) < 4.78 is 51.9. The van der Waals surface area contributed by atoms with Crippen LogP contribution in [0.25, 0.3) is 0 Å². The molecular weight excluding hydrogens is 276 g/mol. The first-order valence-electron chi connectivity index (χ1n) is 4.29. The summed E-state index contributed by atoms with van der Waals surface area (Å²) in [7, 11) is 0. The maximum absolute atomic E-state index is 13.2. The molecule has 0 atom stereocenters. The number of hydrogen-bond donors (Lipinski definition) is 0. The monoisotopic (exact) mass is 284 g/mol. The molecule has 0 N–H and O–H groups in total. The summed E-state index contributed by atoms with van der Waals surface area (Å²) in [5, 5.41) is 0. The Labute approximate surface area is 93.4 Å². The first-order chi connectivity index (χ1) is 6.73. The van der Waals surface area contributed by atoms with Crippen molar-refractivity contribution in [3.05, 3.63) is 34.9 Å². The minimum Gasteiger partial charge on any atom is -0.206 e. The zero-order chi connectivity index (χ0) is 11.8. The molecule has 5 heteroatoms. The number of benzene rings is 1. The second-order valence-electron chi connectivity index (χ2n) is 3.51. The summed E-state index contributed by atoms with van der Waals surface area (Å²) >= 11 is 1.94. The van der Waals surface area contributed by atoms with Gasteiger partial charge in [0, 0.05) is 0 Å². The number of hydrogen-bond acceptors (Lipinski definition) is 0. The van der Waals surface area contributed by atoms with E-state index in [4.69, 9.17) is 0 Å². The molecule has 0 spiro atoms. The van der Waals surface area contributed by atoms with Gasteiger partial charge in [0.1, 0.15) is 17.2 Å². The van der Waals surface area contributed by atoms with E-state index in [1.807, 2.05) is 15.9 Å². The van der Waals surface area contributed by atoms with E-state index in [0.717, 1.165) is 12.1 Å². The van der Waals surface area contributed by atoms with E-state index < -0.39 is 22.0 Å². The van der Waals surface area contributed by atoms with Crippen molar-refractivity contribution >= 4 is 15.9 Å². The second-order valence-corrected chi connectivity index (χ2v) is 4.51. The molecule has 0 aliphatic carbocycles. The van der Waals surface area contributed by atoms with Gasteiger partial charge in [0.15, 0.2) is 0 Å². The molecule has 0 amide bonds. The summed E-state index contributed by atoms with van der Waals surface area (Å²) in [5.41, 5.74) is -0.891. The predicted octanol–water partition coefficient (Wildman–Crippen LogP) is 4.53. The smallest absolute Gasteiger partial charge is 0.206 e. The summed E-state index contributed by atoms with van der Waals surface area (Å²) in [6.45, 7) is 3.44. The quantitative estimate of drug-likeness (QED) is 0.553. The van der Waals surface area contributed by atoms with Gasteiger partial charge in [-0.05, 0) is 39.5 Å². The third kappa shape index (κ3) is 2.71. The molecule has 0 fully saturated rings. The topological polar surface area (TPSA) is 0 Å². The molecule has 1 aromatic rings. The van der Waals surface area contributed by atoms with Crippen LogP contribution in [0.15, 0.2) is 12.1 Å². The van der Waals surface area contributed by atoms with Gasteiger partial charge in [-0.3, -0.25) is 0 Å². The van der Waals surface area contributed by atoms with Crippen LogP contribution in [-0.2, 0) is 4.83 Å². The first-order valence-corrected chi connectivity index (χ1v) is 5.09. The van der Waals surface area contributed by atoms with E-state index in [1.165, 1.54) is 0 Å². The molecule has 0 bridgehead atoms. The third-order valence-corrected chi connectivity index (χ3v) is 2.41. The Balaban J connectivity index is 3.34. The van der Waals surface area contributed by atoms with E-state index in [0.29, 0.717) is 5.56 Å². The average Bonchev–Trinajstić information content (AvgIpc) is 1.99. The van der Waals surface area contributed by atoms with Crippen molar-refractivity contribution in [3.63, 3.8) is 0 Å². The van der Waals surface area contributed by atoms with E-state index in [2.05, 4.69) is 0 Å². The highest BCUT2D eigenvalue weighted by Gasteiger charge is 2.34. The molecule has 15 heavy (non-hydrogen) atoms. The van der Waals surface area contributed by atoms with Crippen molar-refractivity contribution in [2.45, 2.75) is 24.6 Å². The molecule has 0 aliphatic heterocycles. The van der Waals surface area contributed by atoms with Gasteiger partial charge in [0.25, 0.3) is 0 Å². The van der Waals surface area contributed by atoms with Gasteiger partial charge in [-0.1, -0.05) is 13.8 Å². The summed E-state index contributed by atoms with van der Waals surface area (Å²) in [5.74, 6) is -2.59. The van der Waals surface area contributed by atoms with Gasteiger partial charge < -0.3 is 0 Å². The summed E-state index contributed by atoms with van der Waals surface area (Å²) in [6, 6.07) is 1.86. The fraction of sp³-hybridized carbons (Fsp3) is 0.400. The molecular formula is C10H9BrF4. The lowest BCUT2D eigenvalue weighted by atomic mass is 10.0. The van der Waals surface area contributed by atoms with E-state index >= 15 is 0 Å². The van der Waals surface area contributed by atoms with Crippen molar-refractivity contribution in [2.24, 2.45) is 0 Å². The van der Waals surface area contributed by atoms with E-state index in [1.54, 1.807) is 13.8 Å². The van der Waals surface area contributed by atoms with Crippen molar-refractivity contribution in [3.8, 4) is 0 Å². The third-order valence-electron chi connectivity index (χ3n) is 2.01. The molecule has 84 valence electrons. The van der Waals surface area contributed by atoms with Crippen LogP contribution in [0.4, 0.5) is 17.6 Å². The molecule has 0 saturated heterocycles. The largest absolute Gasteiger partial charge is 0.332 e. The minimum atomic E-state index is -3.68. The van der Waals surface area contributed by atoms with Gasteiger partial charge in [-0.2, -0.15) is 8.78 Å². The Hall–Kier alpha value is -0.580. The molecule has 0 nitrogen and oxygen atoms in total. The highest BCUT2D eigenvalue weighted by molar-refractivity contribution is 9.09. The van der Waals surface area contributed by atoms with Crippen LogP contribution in [0.5, 0.6) is 0 Å². The van der Waals surface area contributed by atoms with Crippen molar-refractivity contribution < 1.29 is 17.6 Å². The summed E-state index contributed by atoms with van der Waals surface area (Å²) in [6.07, 6.45) is 0. The fourth-order valence-electron chi connectivity index (χ4n) is 1.20. The second kappa shape index (κ2) is 4.12. The number of alkyl halides is 3. The van der Waals surface area contributed by atoms with Gasteiger partial charge in [0.2, 0.25) is 0 Å². The maximum Gasteiger partial charge on any atom is 0.332 e. The zero-order valence-corrected chi connectivity index (χ0v) is 9.71. The molecule has 0 aliphatic rings. The van der Waals surface area contributed by atoms with Crippen LogP contribution >= 0.6 is 15.9 Å². The molecule has 1 rings (SSSR count). The first kappa shape index (κ1) is 12.5. The number of rotatable bonds is 2. The highest BCUT2D eigenvalue weighted by atomic mass is 79.9. The van der Waals surface area contributed by atoms with Crippen LogP contribution in [0, 0.1) is 11.6 Å².